The Morgan fingerprint density at radius 3 is 2.48 bits per heavy atom. The third-order valence-corrected chi connectivity index (χ3v) is 5.89. The number of aromatic nitrogens is 1. The molecule has 160 valence electrons. The highest BCUT2D eigenvalue weighted by Gasteiger charge is 2.30. The summed E-state index contributed by atoms with van der Waals surface area (Å²) in [6.45, 7) is 7.84. The van der Waals surface area contributed by atoms with Gasteiger partial charge in [-0.1, -0.05) is 69.3 Å². The van der Waals surface area contributed by atoms with E-state index in [0.29, 0.717) is 12.1 Å². The molecule has 2 aromatic carbocycles. The number of esters is 1. The molecule has 0 spiro atoms. The Kier molecular flexibility index (Phi) is 5.88. The number of pyridine rings is 1. The van der Waals surface area contributed by atoms with E-state index in [2.05, 4.69) is 24.3 Å². The van der Waals surface area contributed by atoms with Crippen LogP contribution in [0, 0.1) is 5.41 Å². The molecule has 3 aromatic rings. The smallest absolute Gasteiger partial charge is 0.339 e. The van der Waals surface area contributed by atoms with Crippen LogP contribution in [0.1, 0.15) is 48.0 Å². The van der Waals surface area contributed by atoms with Gasteiger partial charge in [0.05, 0.1) is 23.3 Å². The number of hydrogen-bond donors (Lipinski definition) is 1. The zero-order valence-electron chi connectivity index (χ0n) is 18.4. The monoisotopic (exact) mass is 417 g/mol. The van der Waals surface area contributed by atoms with Crippen molar-refractivity contribution in [3.63, 3.8) is 0 Å². The summed E-state index contributed by atoms with van der Waals surface area (Å²) < 4.78 is 5.52. The zero-order valence-corrected chi connectivity index (χ0v) is 18.4. The van der Waals surface area contributed by atoms with E-state index in [0.717, 1.165) is 41.7 Å². The van der Waals surface area contributed by atoms with Crippen molar-refractivity contribution in [1.29, 1.82) is 0 Å². The molecule has 1 aromatic heterocycles. The van der Waals surface area contributed by atoms with Crippen molar-refractivity contribution >= 4 is 22.7 Å². The summed E-state index contributed by atoms with van der Waals surface area (Å²) >= 11 is 0. The lowest BCUT2D eigenvalue weighted by atomic mass is 9.91. The van der Waals surface area contributed by atoms with Gasteiger partial charge in [0.1, 0.15) is 13.1 Å². The average molecular weight is 418 g/mol. The van der Waals surface area contributed by atoms with E-state index < -0.39 is 11.4 Å². The number of carbonyl (C=O) groups excluding carboxylic acids is 2. The molecule has 2 heterocycles. The van der Waals surface area contributed by atoms with Gasteiger partial charge in [-0.2, -0.15) is 0 Å². The molecule has 0 saturated heterocycles. The quantitative estimate of drug-likeness (QED) is 0.648. The average Bonchev–Trinajstić information content (AvgIpc) is 2.75. The van der Waals surface area contributed by atoms with E-state index in [-0.39, 0.29) is 12.4 Å². The van der Waals surface area contributed by atoms with Gasteiger partial charge >= 0.3 is 5.97 Å². The number of nitrogens with zero attached hydrogens (tertiary/aromatic N) is 1. The third-order valence-electron chi connectivity index (χ3n) is 5.89. The number of quaternary nitrogens is 1. The van der Waals surface area contributed by atoms with Gasteiger partial charge in [0.2, 0.25) is 0 Å². The Morgan fingerprint density at radius 1 is 1.03 bits per heavy atom. The van der Waals surface area contributed by atoms with Crippen molar-refractivity contribution < 1.29 is 19.2 Å². The van der Waals surface area contributed by atoms with Crippen LogP contribution >= 0.6 is 0 Å². The van der Waals surface area contributed by atoms with Crippen LogP contribution in [0.15, 0.2) is 54.6 Å². The summed E-state index contributed by atoms with van der Waals surface area (Å²) in [7, 11) is 0. The minimum absolute atomic E-state index is 0.0931. The maximum Gasteiger partial charge on any atom is 0.339 e. The van der Waals surface area contributed by atoms with Crippen LogP contribution in [-0.4, -0.2) is 29.9 Å². The number of Topliss-reactive ketones (excluding diaryl/α,β-unsaturated/α-hetero) is 1. The summed E-state index contributed by atoms with van der Waals surface area (Å²) in [6, 6.07) is 18.1. The van der Waals surface area contributed by atoms with Crippen molar-refractivity contribution in [1.82, 2.24) is 4.98 Å². The molecule has 0 aliphatic carbocycles. The van der Waals surface area contributed by atoms with Crippen LogP contribution in [0.3, 0.4) is 0 Å². The molecule has 0 saturated carbocycles. The van der Waals surface area contributed by atoms with Crippen molar-refractivity contribution in [2.45, 2.75) is 40.3 Å². The second kappa shape index (κ2) is 8.60. The molecule has 1 aliphatic rings. The van der Waals surface area contributed by atoms with E-state index in [9.17, 15) is 9.59 Å². The highest BCUT2D eigenvalue weighted by Crippen LogP contribution is 2.26. The Hall–Kier alpha value is -3.05. The maximum absolute atomic E-state index is 13.2. The molecule has 0 amide bonds. The summed E-state index contributed by atoms with van der Waals surface area (Å²) in [4.78, 5) is 31.8. The minimum atomic E-state index is -0.545. The SMILES string of the molecule is CC(C)(C)C(=O)COC(=O)c1c2c(nc3ccccc13)CC[NH+](Cc1ccccc1)C2. The van der Waals surface area contributed by atoms with Gasteiger partial charge < -0.3 is 9.64 Å². The Morgan fingerprint density at radius 2 is 1.74 bits per heavy atom. The fourth-order valence-electron chi connectivity index (χ4n) is 4.02. The van der Waals surface area contributed by atoms with E-state index in [1.165, 1.54) is 10.5 Å². The van der Waals surface area contributed by atoms with Gasteiger partial charge in [-0.25, -0.2) is 4.79 Å². The van der Waals surface area contributed by atoms with Crippen LogP contribution in [0.5, 0.6) is 0 Å². The molecule has 0 radical (unpaired) electrons. The summed E-state index contributed by atoms with van der Waals surface area (Å²) in [6.07, 6.45) is 0.809. The largest absolute Gasteiger partial charge is 0.454 e. The van der Waals surface area contributed by atoms with Crippen LogP contribution in [0.4, 0.5) is 0 Å². The number of carbonyl (C=O) groups is 2. The molecule has 1 atom stereocenters. The number of ether oxygens (including phenoxy) is 1. The highest BCUT2D eigenvalue weighted by molar-refractivity contribution is 6.05. The van der Waals surface area contributed by atoms with E-state index in [1.54, 1.807) is 0 Å². The molecule has 5 heteroatoms. The molecule has 0 fully saturated rings. The summed E-state index contributed by atoms with van der Waals surface area (Å²) in [5.74, 6) is -0.530. The van der Waals surface area contributed by atoms with E-state index in [4.69, 9.17) is 9.72 Å². The zero-order chi connectivity index (χ0) is 22.0. The van der Waals surface area contributed by atoms with Crippen LogP contribution in [0.25, 0.3) is 10.9 Å². The fraction of sp³-hybridized carbons (Fsp3) is 0.346. The van der Waals surface area contributed by atoms with Crippen molar-refractivity contribution in [3.8, 4) is 0 Å². The lowest BCUT2D eigenvalue weighted by Crippen LogP contribution is -3.10. The van der Waals surface area contributed by atoms with Crippen molar-refractivity contribution in [2.75, 3.05) is 13.2 Å². The Balaban J connectivity index is 1.66. The molecule has 31 heavy (non-hydrogen) atoms. The summed E-state index contributed by atoms with van der Waals surface area (Å²) in [5.41, 5.74) is 3.99. The van der Waals surface area contributed by atoms with Gasteiger partial charge in [0.25, 0.3) is 0 Å². The van der Waals surface area contributed by atoms with Crippen LogP contribution in [-0.2, 0) is 29.0 Å². The van der Waals surface area contributed by atoms with E-state index >= 15 is 0 Å². The fourth-order valence-corrected chi connectivity index (χ4v) is 4.02. The first-order valence-electron chi connectivity index (χ1n) is 10.8. The topological polar surface area (TPSA) is 60.7 Å². The van der Waals surface area contributed by atoms with Crippen LogP contribution < -0.4 is 4.90 Å². The number of nitrogens with one attached hydrogen (secondary N) is 1. The molecule has 4 rings (SSSR count). The van der Waals surface area contributed by atoms with Gasteiger partial charge in [0, 0.05) is 28.3 Å². The number of hydrogen-bond acceptors (Lipinski definition) is 4. The predicted octanol–water partition coefficient (Wildman–Crippen LogP) is 3.15. The van der Waals surface area contributed by atoms with Gasteiger partial charge in [0.15, 0.2) is 12.4 Å². The number of benzene rings is 2. The molecule has 1 aliphatic heterocycles. The Labute approximate surface area is 183 Å². The van der Waals surface area contributed by atoms with Crippen molar-refractivity contribution in [3.05, 3.63) is 77.0 Å². The number of rotatable bonds is 5. The lowest BCUT2D eigenvalue weighted by molar-refractivity contribution is -0.929. The minimum Gasteiger partial charge on any atom is -0.454 e. The first-order chi connectivity index (χ1) is 14.8. The first kappa shape index (κ1) is 21.2. The molecule has 1 N–H and O–H groups in total. The van der Waals surface area contributed by atoms with Gasteiger partial charge in [-0.15, -0.1) is 0 Å². The predicted molar refractivity (Wildman–Crippen MR) is 120 cm³/mol. The van der Waals surface area contributed by atoms with Crippen molar-refractivity contribution in [2.24, 2.45) is 5.41 Å². The first-order valence-corrected chi connectivity index (χ1v) is 10.8. The summed E-state index contributed by atoms with van der Waals surface area (Å²) in [5, 5.41) is 0.787. The molecule has 5 nitrogen and oxygen atoms in total. The van der Waals surface area contributed by atoms with Gasteiger partial charge in [-0.05, 0) is 6.07 Å². The van der Waals surface area contributed by atoms with E-state index in [1.807, 2.05) is 51.1 Å². The third kappa shape index (κ3) is 4.67. The highest BCUT2D eigenvalue weighted by atomic mass is 16.5. The number of fused-ring (bicyclic) bond motifs is 2. The second-order valence-electron chi connectivity index (χ2n) is 9.27. The second-order valence-corrected chi connectivity index (χ2v) is 9.27. The molecular formula is C26H29N2O3+. The lowest BCUT2D eigenvalue weighted by Gasteiger charge is -2.27. The number of ketones is 1. The number of para-hydroxylation sites is 1. The molecule has 1 unspecified atom stereocenters. The maximum atomic E-state index is 13.2. The standard InChI is InChI=1S/C26H28N2O3/c1-26(2,3)23(29)17-31-25(30)24-19-11-7-8-12-21(19)27-22-13-14-28(16-20(22)24)15-18-9-5-4-6-10-18/h4-12H,13-17H2,1-3H3/p+1. The Bertz CT molecular complexity index is 1120. The normalized spacial score (nSPS) is 16.0. The van der Waals surface area contributed by atoms with Crippen LogP contribution in [0.2, 0.25) is 0 Å². The molecule has 0 bridgehead atoms. The molecular weight excluding hydrogens is 388 g/mol. The van der Waals surface area contributed by atoms with Gasteiger partial charge in [-0.3, -0.25) is 9.78 Å².